The van der Waals surface area contributed by atoms with Crippen LogP contribution in [0.4, 0.5) is 5.82 Å². The van der Waals surface area contributed by atoms with Crippen molar-refractivity contribution in [1.29, 1.82) is 0 Å². The summed E-state index contributed by atoms with van der Waals surface area (Å²) in [4.78, 5) is 4.73. The lowest BCUT2D eigenvalue weighted by atomic mass is 10.1. The van der Waals surface area contributed by atoms with E-state index in [-0.39, 0.29) is 0 Å². The van der Waals surface area contributed by atoms with Gasteiger partial charge in [0.25, 0.3) is 0 Å². The molecule has 0 spiro atoms. The van der Waals surface area contributed by atoms with Crippen LogP contribution in [0.25, 0.3) is 16.9 Å². The lowest BCUT2D eigenvalue weighted by Gasteiger charge is -2.16. The Hall–Kier alpha value is -1.59. The third kappa shape index (κ3) is 2.83. The van der Waals surface area contributed by atoms with Crippen LogP contribution in [0.3, 0.4) is 0 Å². The number of halogens is 2. The number of rotatable bonds is 3. The predicted molar refractivity (Wildman–Crippen MR) is 97.0 cm³/mol. The normalized spacial score (nSPS) is 15.4. The van der Waals surface area contributed by atoms with Crippen molar-refractivity contribution in [3.05, 3.63) is 46.0 Å². The molecule has 1 aliphatic rings. The minimum absolute atomic E-state index is 0.502. The maximum Gasteiger partial charge on any atom is 0.172 e. The van der Waals surface area contributed by atoms with Crippen LogP contribution in [0.1, 0.15) is 25.7 Å². The summed E-state index contributed by atoms with van der Waals surface area (Å²) < 4.78 is 2.73. The molecule has 4 rings (SSSR count). The molecule has 2 heterocycles. The molecule has 0 unspecified atom stereocenters. The average molecular weight is 392 g/mol. The van der Waals surface area contributed by atoms with Crippen molar-refractivity contribution < 1.29 is 0 Å². The van der Waals surface area contributed by atoms with Gasteiger partial charge in [0.2, 0.25) is 0 Å². The van der Waals surface area contributed by atoms with Gasteiger partial charge < -0.3 is 5.32 Å². The van der Waals surface area contributed by atoms with E-state index in [1.165, 1.54) is 25.7 Å². The van der Waals surface area contributed by atoms with Gasteiger partial charge in [-0.3, -0.25) is 0 Å². The van der Waals surface area contributed by atoms with E-state index in [1.54, 1.807) is 6.20 Å². The Morgan fingerprint density at radius 1 is 1.22 bits per heavy atom. The minimum Gasteiger partial charge on any atom is -0.367 e. The molecule has 118 valence electrons. The number of hydrogen-bond donors (Lipinski definition) is 1. The van der Waals surface area contributed by atoms with Crippen LogP contribution >= 0.6 is 27.5 Å². The second-order valence-corrected chi connectivity index (χ2v) is 7.12. The standard InChI is InChI=1S/C17H16BrClN4/c18-13-10-20-23-16(21-11-5-1-2-6-11)9-15(22-17(13)23)12-7-3-4-8-14(12)19/h3-4,7-11,21H,1-2,5-6H2. The topological polar surface area (TPSA) is 42.2 Å². The first-order valence-corrected chi connectivity index (χ1v) is 8.95. The van der Waals surface area contributed by atoms with Crippen LogP contribution in [-0.4, -0.2) is 20.6 Å². The van der Waals surface area contributed by atoms with E-state index in [0.29, 0.717) is 11.1 Å². The SMILES string of the molecule is Clc1ccccc1-c1cc(NC2CCCC2)n2ncc(Br)c2n1. The third-order valence-electron chi connectivity index (χ3n) is 4.29. The van der Waals surface area contributed by atoms with Crippen molar-refractivity contribution >= 4 is 39.0 Å². The van der Waals surface area contributed by atoms with Crippen LogP contribution in [0.2, 0.25) is 5.02 Å². The fourth-order valence-corrected chi connectivity index (χ4v) is 3.71. The Balaban J connectivity index is 1.85. The number of aromatic nitrogens is 3. The molecule has 1 N–H and O–H groups in total. The maximum atomic E-state index is 6.35. The second kappa shape index (κ2) is 6.13. The molecule has 1 aliphatic carbocycles. The van der Waals surface area contributed by atoms with Crippen molar-refractivity contribution in [2.75, 3.05) is 5.32 Å². The summed E-state index contributed by atoms with van der Waals surface area (Å²) in [5.41, 5.74) is 2.58. The Labute approximate surface area is 148 Å². The van der Waals surface area contributed by atoms with E-state index in [1.807, 2.05) is 34.8 Å². The Morgan fingerprint density at radius 2 is 2.00 bits per heavy atom. The maximum absolute atomic E-state index is 6.35. The summed E-state index contributed by atoms with van der Waals surface area (Å²) in [5.74, 6) is 0.961. The Bertz CT molecular complexity index is 855. The van der Waals surface area contributed by atoms with Gasteiger partial charge in [-0.1, -0.05) is 42.6 Å². The number of nitrogens with zero attached hydrogens (tertiary/aromatic N) is 3. The number of nitrogens with one attached hydrogen (secondary N) is 1. The van der Waals surface area contributed by atoms with Gasteiger partial charge in [0.1, 0.15) is 5.82 Å². The van der Waals surface area contributed by atoms with E-state index >= 15 is 0 Å². The van der Waals surface area contributed by atoms with Gasteiger partial charge in [0.05, 0.1) is 16.4 Å². The van der Waals surface area contributed by atoms with Crippen LogP contribution in [0.5, 0.6) is 0 Å². The quantitative estimate of drug-likeness (QED) is 0.670. The predicted octanol–water partition coefficient (Wildman–Crippen LogP) is 5.17. The number of hydrogen-bond acceptors (Lipinski definition) is 3. The third-order valence-corrected chi connectivity index (χ3v) is 5.17. The molecule has 2 aromatic heterocycles. The zero-order chi connectivity index (χ0) is 15.8. The number of anilines is 1. The molecule has 0 atom stereocenters. The van der Waals surface area contributed by atoms with E-state index in [9.17, 15) is 0 Å². The van der Waals surface area contributed by atoms with E-state index in [2.05, 4.69) is 26.3 Å². The zero-order valence-electron chi connectivity index (χ0n) is 12.5. The highest BCUT2D eigenvalue weighted by Crippen LogP contribution is 2.31. The van der Waals surface area contributed by atoms with Crippen molar-refractivity contribution in [3.63, 3.8) is 0 Å². The first-order chi connectivity index (χ1) is 11.2. The molecular formula is C17H16BrClN4. The molecule has 4 nitrogen and oxygen atoms in total. The van der Waals surface area contributed by atoms with Crippen molar-refractivity contribution in [2.45, 2.75) is 31.7 Å². The van der Waals surface area contributed by atoms with Crippen molar-refractivity contribution in [1.82, 2.24) is 14.6 Å². The molecular weight excluding hydrogens is 376 g/mol. The van der Waals surface area contributed by atoms with E-state index in [0.717, 1.165) is 27.2 Å². The summed E-state index contributed by atoms with van der Waals surface area (Å²) in [5, 5.41) is 8.75. The molecule has 0 aliphatic heterocycles. The molecule has 3 aromatic rings. The van der Waals surface area contributed by atoms with Gasteiger partial charge in [-0.05, 0) is 34.8 Å². The van der Waals surface area contributed by atoms with Crippen LogP contribution in [0.15, 0.2) is 41.0 Å². The summed E-state index contributed by atoms with van der Waals surface area (Å²) >= 11 is 9.88. The highest BCUT2D eigenvalue weighted by Gasteiger charge is 2.18. The van der Waals surface area contributed by atoms with Gasteiger partial charge in [-0.15, -0.1) is 0 Å². The lowest BCUT2D eigenvalue weighted by molar-refractivity contribution is 0.740. The molecule has 0 radical (unpaired) electrons. The van der Waals surface area contributed by atoms with Crippen LogP contribution in [0, 0.1) is 0 Å². The fraction of sp³-hybridized carbons (Fsp3) is 0.294. The molecule has 23 heavy (non-hydrogen) atoms. The minimum atomic E-state index is 0.502. The molecule has 0 amide bonds. The highest BCUT2D eigenvalue weighted by atomic mass is 79.9. The molecule has 1 aromatic carbocycles. The molecule has 1 saturated carbocycles. The molecule has 6 heteroatoms. The van der Waals surface area contributed by atoms with Crippen molar-refractivity contribution in [3.8, 4) is 11.3 Å². The van der Waals surface area contributed by atoms with Gasteiger partial charge in [0.15, 0.2) is 5.65 Å². The molecule has 0 bridgehead atoms. The summed E-state index contributed by atoms with van der Waals surface area (Å²) in [7, 11) is 0. The van der Waals surface area contributed by atoms with E-state index in [4.69, 9.17) is 16.6 Å². The van der Waals surface area contributed by atoms with Crippen LogP contribution in [-0.2, 0) is 0 Å². The van der Waals surface area contributed by atoms with Gasteiger partial charge >= 0.3 is 0 Å². The monoisotopic (exact) mass is 390 g/mol. The van der Waals surface area contributed by atoms with Gasteiger partial charge in [-0.25, -0.2) is 4.98 Å². The number of benzene rings is 1. The molecule has 1 fully saturated rings. The summed E-state index contributed by atoms with van der Waals surface area (Å²) in [6.45, 7) is 0. The summed E-state index contributed by atoms with van der Waals surface area (Å²) in [6.07, 6.45) is 6.75. The van der Waals surface area contributed by atoms with Gasteiger partial charge in [0, 0.05) is 22.7 Å². The highest BCUT2D eigenvalue weighted by molar-refractivity contribution is 9.10. The Kier molecular flexibility index (Phi) is 3.99. The van der Waals surface area contributed by atoms with Crippen LogP contribution < -0.4 is 5.32 Å². The summed E-state index contributed by atoms with van der Waals surface area (Å²) in [6, 6.07) is 10.3. The first kappa shape index (κ1) is 15.0. The number of fused-ring (bicyclic) bond motifs is 1. The first-order valence-electron chi connectivity index (χ1n) is 7.78. The van der Waals surface area contributed by atoms with Gasteiger partial charge in [-0.2, -0.15) is 9.61 Å². The molecule has 0 saturated heterocycles. The smallest absolute Gasteiger partial charge is 0.172 e. The second-order valence-electron chi connectivity index (χ2n) is 5.86. The lowest BCUT2D eigenvalue weighted by Crippen LogP contribution is -2.17. The average Bonchev–Trinajstić information content (AvgIpc) is 3.18. The zero-order valence-corrected chi connectivity index (χ0v) is 14.8. The largest absolute Gasteiger partial charge is 0.367 e. The Morgan fingerprint density at radius 3 is 2.78 bits per heavy atom. The van der Waals surface area contributed by atoms with Crippen molar-refractivity contribution in [2.24, 2.45) is 0 Å². The van der Waals surface area contributed by atoms with E-state index < -0.39 is 0 Å². The fourth-order valence-electron chi connectivity index (χ4n) is 3.13.